The first-order chi connectivity index (χ1) is 8.79. The molecule has 1 aliphatic carbocycles. The fourth-order valence-electron chi connectivity index (χ4n) is 1.89. The largest absolute Gasteiger partial charge is 0.385 e. The van der Waals surface area contributed by atoms with E-state index in [0.29, 0.717) is 0 Å². The lowest BCUT2D eigenvalue weighted by Gasteiger charge is -2.18. The van der Waals surface area contributed by atoms with Gasteiger partial charge in [-0.2, -0.15) is 0 Å². The van der Waals surface area contributed by atoms with Crippen LogP contribution in [0.3, 0.4) is 0 Å². The lowest BCUT2D eigenvalue weighted by molar-refractivity contribution is 0.196. The molecule has 0 aliphatic heterocycles. The summed E-state index contributed by atoms with van der Waals surface area (Å²) in [6.07, 6.45) is 5.58. The standard InChI is InChI=1S/C14H23N3O/c1-17(8-3-9-18-2)14-10-12(6-7-15-14)11-16-13-4-5-13/h6-7,10,13,16H,3-5,8-9,11H2,1-2H3. The molecule has 0 radical (unpaired) electrons. The predicted molar refractivity (Wildman–Crippen MR) is 73.9 cm³/mol. The molecule has 18 heavy (non-hydrogen) atoms. The van der Waals surface area contributed by atoms with Gasteiger partial charge in [0.2, 0.25) is 0 Å². The van der Waals surface area contributed by atoms with Crippen molar-refractivity contribution in [1.82, 2.24) is 10.3 Å². The van der Waals surface area contributed by atoms with E-state index in [-0.39, 0.29) is 0 Å². The normalized spacial score (nSPS) is 14.8. The van der Waals surface area contributed by atoms with Crippen LogP contribution in [0.25, 0.3) is 0 Å². The molecule has 1 N–H and O–H groups in total. The summed E-state index contributed by atoms with van der Waals surface area (Å²) in [7, 11) is 3.82. The number of methoxy groups -OCH3 is 1. The molecule has 0 atom stereocenters. The van der Waals surface area contributed by atoms with Gasteiger partial charge in [0, 0.05) is 46.1 Å². The molecule has 1 heterocycles. The van der Waals surface area contributed by atoms with Crippen LogP contribution in [-0.4, -0.2) is 38.3 Å². The van der Waals surface area contributed by atoms with E-state index in [1.165, 1.54) is 18.4 Å². The van der Waals surface area contributed by atoms with Crippen LogP contribution in [0.1, 0.15) is 24.8 Å². The van der Waals surface area contributed by atoms with Crippen molar-refractivity contribution < 1.29 is 4.74 Å². The number of rotatable bonds is 8. The van der Waals surface area contributed by atoms with E-state index in [9.17, 15) is 0 Å². The van der Waals surface area contributed by atoms with Crippen LogP contribution < -0.4 is 10.2 Å². The second kappa shape index (κ2) is 6.71. The van der Waals surface area contributed by atoms with E-state index in [4.69, 9.17) is 4.74 Å². The Morgan fingerprint density at radius 3 is 3.06 bits per heavy atom. The fraction of sp³-hybridized carbons (Fsp3) is 0.643. The van der Waals surface area contributed by atoms with Crippen molar-refractivity contribution in [3.63, 3.8) is 0 Å². The van der Waals surface area contributed by atoms with Gasteiger partial charge in [-0.1, -0.05) is 0 Å². The Morgan fingerprint density at radius 2 is 2.33 bits per heavy atom. The van der Waals surface area contributed by atoms with Gasteiger partial charge in [-0.05, 0) is 37.0 Å². The molecular formula is C14H23N3O. The van der Waals surface area contributed by atoms with Crippen LogP contribution in [0, 0.1) is 0 Å². The molecule has 0 amide bonds. The molecule has 0 spiro atoms. The molecule has 1 saturated carbocycles. The Bertz CT molecular complexity index is 366. The summed E-state index contributed by atoms with van der Waals surface area (Å²) < 4.78 is 5.07. The average molecular weight is 249 g/mol. The Labute approximate surface area is 109 Å². The van der Waals surface area contributed by atoms with Gasteiger partial charge < -0.3 is 15.0 Å². The smallest absolute Gasteiger partial charge is 0.128 e. The minimum atomic E-state index is 0.751. The molecular weight excluding hydrogens is 226 g/mol. The number of aromatic nitrogens is 1. The van der Waals surface area contributed by atoms with Crippen LogP contribution >= 0.6 is 0 Å². The van der Waals surface area contributed by atoms with Crippen LogP contribution in [0.5, 0.6) is 0 Å². The zero-order valence-corrected chi connectivity index (χ0v) is 11.4. The van der Waals surface area contributed by atoms with Gasteiger partial charge in [0.25, 0.3) is 0 Å². The fourth-order valence-corrected chi connectivity index (χ4v) is 1.89. The van der Waals surface area contributed by atoms with Crippen molar-refractivity contribution in [2.45, 2.75) is 31.8 Å². The number of pyridine rings is 1. The first-order valence-electron chi connectivity index (χ1n) is 6.68. The van der Waals surface area contributed by atoms with Gasteiger partial charge in [-0.25, -0.2) is 4.98 Å². The zero-order valence-electron chi connectivity index (χ0n) is 11.4. The molecule has 4 nitrogen and oxygen atoms in total. The summed E-state index contributed by atoms with van der Waals surface area (Å²) in [5, 5.41) is 3.53. The van der Waals surface area contributed by atoms with Gasteiger partial charge in [0.05, 0.1) is 0 Å². The number of ether oxygens (including phenoxy) is 1. The van der Waals surface area contributed by atoms with E-state index >= 15 is 0 Å². The molecule has 0 unspecified atom stereocenters. The number of hydrogen-bond acceptors (Lipinski definition) is 4. The highest BCUT2D eigenvalue weighted by Gasteiger charge is 2.19. The van der Waals surface area contributed by atoms with Gasteiger partial charge in [-0.15, -0.1) is 0 Å². The Morgan fingerprint density at radius 1 is 1.50 bits per heavy atom. The highest BCUT2D eigenvalue weighted by Crippen LogP contribution is 2.19. The Kier molecular flexibility index (Phi) is 4.96. The van der Waals surface area contributed by atoms with E-state index in [1.54, 1.807) is 7.11 Å². The highest BCUT2D eigenvalue weighted by molar-refractivity contribution is 5.39. The summed E-state index contributed by atoms with van der Waals surface area (Å²) in [4.78, 5) is 6.60. The third-order valence-corrected chi connectivity index (χ3v) is 3.22. The second-order valence-electron chi connectivity index (χ2n) is 4.95. The molecule has 100 valence electrons. The monoisotopic (exact) mass is 249 g/mol. The Balaban J connectivity index is 1.84. The zero-order chi connectivity index (χ0) is 12.8. The summed E-state index contributed by atoms with van der Waals surface area (Å²) in [6.45, 7) is 2.72. The molecule has 0 bridgehead atoms. The van der Waals surface area contributed by atoms with Gasteiger partial charge in [0.1, 0.15) is 5.82 Å². The van der Waals surface area contributed by atoms with Gasteiger partial charge >= 0.3 is 0 Å². The van der Waals surface area contributed by atoms with Crippen molar-refractivity contribution in [2.24, 2.45) is 0 Å². The van der Waals surface area contributed by atoms with Crippen LogP contribution in [0.15, 0.2) is 18.3 Å². The minimum Gasteiger partial charge on any atom is -0.385 e. The number of hydrogen-bond donors (Lipinski definition) is 1. The summed E-state index contributed by atoms with van der Waals surface area (Å²) >= 11 is 0. The second-order valence-corrected chi connectivity index (χ2v) is 4.95. The molecule has 1 aromatic heterocycles. The van der Waals surface area contributed by atoms with Gasteiger partial charge in [0.15, 0.2) is 0 Å². The summed E-state index contributed by atoms with van der Waals surface area (Å²) in [5.74, 6) is 1.04. The molecule has 1 aliphatic rings. The maximum absolute atomic E-state index is 5.07. The lowest BCUT2D eigenvalue weighted by Crippen LogP contribution is -2.21. The topological polar surface area (TPSA) is 37.4 Å². The van der Waals surface area contributed by atoms with Crippen molar-refractivity contribution >= 4 is 5.82 Å². The quantitative estimate of drug-likeness (QED) is 0.713. The molecule has 0 saturated heterocycles. The first kappa shape index (κ1) is 13.3. The molecule has 4 heteroatoms. The van der Waals surface area contributed by atoms with E-state index in [2.05, 4.69) is 34.4 Å². The van der Waals surface area contributed by atoms with Crippen LogP contribution in [-0.2, 0) is 11.3 Å². The van der Waals surface area contributed by atoms with E-state index in [0.717, 1.165) is 38.0 Å². The summed E-state index contributed by atoms with van der Waals surface area (Å²) in [6, 6.07) is 5.00. The van der Waals surface area contributed by atoms with Crippen molar-refractivity contribution in [3.8, 4) is 0 Å². The van der Waals surface area contributed by atoms with E-state index in [1.807, 2.05) is 6.20 Å². The van der Waals surface area contributed by atoms with Crippen LogP contribution in [0.4, 0.5) is 5.82 Å². The third-order valence-electron chi connectivity index (χ3n) is 3.22. The molecule has 1 aromatic rings. The summed E-state index contributed by atoms with van der Waals surface area (Å²) in [5.41, 5.74) is 1.31. The maximum Gasteiger partial charge on any atom is 0.128 e. The SMILES string of the molecule is COCCCN(C)c1cc(CNC2CC2)ccn1. The average Bonchev–Trinajstić information content (AvgIpc) is 3.21. The van der Waals surface area contributed by atoms with E-state index < -0.39 is 0 Å². The van der Waals surface area contributed by atoms with Gasteiger partial charge in [-0.3, -0.25) is 0 Å². The lowest BCUT2D eigenvalue weighted by atomic mass is 10.2. The van der Waals surface area contributed by atoms with Crippen molar-refractivity contribution in [2.75, 3.05) is 32.2 Å². The highest BCUT2D eigenvalue weighted by atomic mass is 16.5. The predicted octanol–water partition coefficient (Wildman–Crippen LogP) is 1.81. The van der Waals surface area contributed by atoms with Crippen molar-refractivity contribution in [1.29, 1.82) is 0 Å². The molecule has 2 rings (SSSR count). The number of anilines is 1. The first-order valence-corrected chi connectivity index (χ1v) is 6.68. The molecule has 1 fully saturated rings. The minimum absolute atomic E-state index is 0.751. The molecule has 0 aromatic carbocycles. The van der Waals surface area contributed by atoms with Crippen molar-refractivity contribution in [3.05, 3.63) is 23.9 Å². The number of nitrogens with zero attached hydrogens (tertiary/aromatic N) is 2. The van der Waals surface area contributed by atoms with Crippen LogP contribution in [0.2, 0.25) is 0 Å². The number of nitrogens with one attached hydrogen (secondary N) is 1. The third kappa shape index (κ3) is 4.27. The maximum atomic E-state index is 5.07. The Hall–Kier alpha value is -1.13.